The van der Waals surface area contributed by atoms with E-state index in [-0.39, 0.29) is 6.61 Å². The number of hydrogen-bond acceptors (Lipinski definition) is 3. The van der Waals surface area contributed by atoms with Crippen molar-refractivity contribution in [1.82, 2.24) is 5.32 Å². The Labute approximate surface area is 121 Å². The molecule has 0 saturated heterocycles. The van der Waals surface area contributed by atoms with Crippen molar-refractivity contribution in [3.8, 4) is 11.5 Å². The lowest BCUT2D eigenvalue weighted by molar-refractivity contribution is 0.281. The van der Waals surface area contributed by atoms with Crippen LogP contribution in [0.3, 0.4) is 0 Å². The number of benzene rings is 2. The van der Waals surface area contributed by atoms with Gasteiger partial charge in [-0.25, -0.2) is 0 Å². The molecular formula is C15H16BrNO2. The fourth-order valence-corrected chi connectivity index (χ4v) is 2.09. The van der Waals surface area contributed by atoms with Gasteiger partial charge >= 0.3 is 0 Å². The van der Waals surface area contributed by atoms with Gasteiger partial charge in [-0.2, -0.15) is 0 Å². The Morgan fingerprint density at radius 2 is 1.89 bits per heavy atom. The van der Waals surface area contributed by atoms with Crippen molar-refractivity contribution in [3.63, 3.8) is 0 Å². The minimum Gasteiger partial charge on any atom is -0.457 e. The molecule has 4 heteroatoms. The SMILES string of the molecule is CNCc1ccc(Br)cc1Oc1ccc(CO)cc1. The molecule has 0 radical (unpaired) electrons. The summed E-state index contributed by atoms with van der Waals surface area (Å²) < 4.78 is 6.87. The quantitative estimate of drug-likeness (QED) is 0.886. The molecular weight excluding hydrogens is 306 g/mol. The van der Waals surface area contributed by atoms with E-state index < -0.39 is 0 Å². The zero-order valence-corrected chi connectivity index (χ0v) is 12.3. The Kier molecular flexibility index (Phi) is 4.96. The van der Waals surface area contributed by atoms with E-state index in [4.69, 9.17) is 9.84 Å². The Bertz CT molecular complexity index is 540. The number of hydrogen-bond donors (Lipinski definition) is 2. The zero-order chi connectivity index (χ0) is 13.7. The van der Waals surface area contributed by atoms with Gasteiger partial charge in [0.05, 0.1) is 6.61 Å². The van der Waals surface area contributed by atoms with Gasteiger partial charge in [-0.3, -0.25) is 0 Å². The molecule has 0 atom stereocenters. The van der Waals surface area contributed by atoms with Gasteiger partial charge in [-0.05, 0) is 36.9 Å². The Hall–Kier alpha value is -1.36. The second-order valence-electron chi connectivity index (χ2n) is 4.19. The van der Waals surface area contributed by atoms with E-state index >= 15 is 0 Å². The van der Waals surface area contributed by atoms with Crippen LogP contribution in [-0.4, -0.2) is 12.2 Å². The van der Waals surface area contributed by atoms with E-state index in [0.29, 0.717) is 0 Å². The molecule has 2 N–H and O–H groups in total. The van der Waals surface area contributed by atoms with E-state index in [9.17, 15) is 0 Å². The van der Waals surface area contributed by atoms with Crippen LogP contribution in [0, 0.1) is 0 Å². The minimum absolute atomic E-state index is 0.0438. The second kappa shape index (κ2) is 6.70. The Morgan fingerprint density at radius 1 is 1.16 bits per heavy atom. The molecule has 0 aliphatic carbocycles. The molecule has 0 amide bonds. The standard InChI is InChI=1S/C15H16BrNO2/c1-17-9-12-4-5-13(16)8-15(12)19-14-6-2-11(10-18)3-7-14/h2-8,17-18H,9-10H2,1H3. The average Bonchev–Trinajstić information content (AvgIpc) is 2.43. The molecule has 0 unspecified atom stereocenters. The molecule has 2 rings (SSSR count). The highest BCUT2D eigenvalue weighted by Gasteiger charge is 2.05. The molecule has 0 aliphatic heterocycles. The van der Waals surface area contributed by atoms with Crippen LogP contribution >= 0.6 is 15.9 Å². The largest absolute Gasteiger partial charge is 0.457 e. The summed E-state index contributed by atoms with van der Waals surface area (Å²) in [7, 11) is 1.90. The van der Waals surface area contributed by atoms with Crippen molar-refractivity contribution in [3.05, 3.63) is 58.1 Å². The predicted octanol–water partition coefficient (Wildman–Crippen LogP) is 3.45. The summed E-state index contributed by atoms with van der Waals surface area (Å²) in [5, 5.41) is 12.1. The summed E-state index contributed by atoms with van der Waals surface area (Å²) in [6, 6.07) is 13.4. The third-order valence-electron chi connectivity index (χ3n) is 2.73. The number of rotatable bonds is 5. The maximum atomic E-state index is 9.01. The maximum absolute atomic E-state index is 9.01. The summed E-state index contributed by atoms with van der Waals surface area (Å²) in [5.74, 6) is 1.58. The van der Waals surface area contributed by atoms with Crippen molar-refractivity contribution >= 4 is 15.9 Å². The highest BCUT2D eigenvalue weighted by molar-refractivity contribution is 9.10. The molecule has 2 aromatic rings. The fourth-order valence-electron chi connectivity index (χ4n) is 1.75. The first-order chi connectivity index (χ1) is 9.22. The molecule has 0 aromatic heterocycles. The fraction of sp³-hybridized carbons (Fsp3) is 0.200. The molecule has 0 heterocycles. The third-order valence-corrected chi connectivity index (χ3v) is 3.22. The Balaban J connectivity index is 2.23. The normalized spacial score (nSPS) is 10.5. The van der Waals surface area contributed by atoms with Gasteiger partial charge in [0.2, 0.25) is 0 Å². The molecule has 0 aliphatic rings. The van der Waals surface area contributed by atoms with Crippen LogP contribution in [0.4, 0.5) is 0 Å². The van der Waals surface area contributed by atoms with E-state index in [1.807, 2.05) is 49.5 Å². The second-order valence-corrected chi connectivity index (χ2v) is 5.10. The van der Waals surface area contributed by atoms with Crippen LogP contribution in [0.2, 0.25) is 0 Å². The van der Waals surface area contributed by atoms with Crippen molar-refractivity contribution in [1.29, 1.82) is 0 Å². The highest BCUT2D eigenvalue weighted by Crippen LogP contribution is 2.28. The third kappa shape index (κ3) is 3.80. The monoisotopic (exact) mass is 321 g/mol. The van der Waals surface area contributed by atoms with Crippen LogP contribution in [0.5, 0.6) is 11.5 Å². The first-order valence-corrected chi connectivity index (χ1v) is 6.83. The molecule has 2 aromatic carbocycles. The minimum atomic E-state index is 0.0438. The van der Waals surface area contributed by atoms with Gasteiger partial charge in [-0.15, -0.1) is 0 Å². The van der Waals surface area contributed by atoms with Gasteiger partial charge in [0.25, 0.3) is 0 Å². The van der Waals surface area contributed by atoms with Crippen molar-refractivity contribution in [2.45, 2.75) is 13.2 Å². The van der Waals surface area contributed by atoms with Crippen molar-refractivity contribution in [2.75, 3.05) is 7.05 Å². The maximum Gasteiger partial charge on any atom is 0.133 e. The van der Waals surface area contributed by atoms with Crippen LogP contribution < -0.4 is 10.1 Å². The van der Waals surface area contributed by atoms with Crippen LogP contribution in [0.25, 0.3) is 0 Å². The van der Waals surface area contributed by atoms with Gasteiger partial charge < -0.3 is 15.2 Å². The first kappa shape index (κ1) is 14.1. The Morgan fingerprint density at radius 3 is 2.53 bits per heavy atom. The highest BCUT2D eigenvalue weighted by atomic mass is 79.9. The lowest BCUT2D eigenvalue weighted by Gasteiger charge is -2.12. The van der Waals surface area contributed by atoms with E-state index in [1.54, 1.807) is 0 Å². The van der Waals surface area contributed by atoms with Gasteiger partial charge in [0.1, 0.15) is 11.5 Å². The van der Waals surface area contributed by atoms with E-state index in [0.717, 1.165) is 33.6 Å². The first-order valence-electron chi connectivity index (χ1n) is 6.03. The zero-order valence-electron chi connectivity index (χ0n) is 10.7. The summed E-state index contributed by atoms with van der Waals surface area (Å²) in [6.07, 6.45) is 0. The molecule has 0 saturated carbocycles. The lowest BCUT2D eigenvalue weighted by Crippen LogP contribution is -2.06. The molecule has 19 heavy (non-hydrogen) atoms. The van der Waals surface area contributed by atoms with Crippen molar-refractivity contribution in [2.24, 2.45) is 0 Å². The van der Waals surface area contributed by atoms with Gasteiger partial charge in [0, 0.05) is 16.6 Å². The van der Waals surface area contributed by atoms with Crippen LogP contribution in [0.1, 0.15) is 11.1 Å². The topological polar surface area (TPSA) is 41.5 Å². The average molecular weight is 322 g/mol. The van der Waals surface area contributed by atoms with E-state index in [1.165, 1.54) is 0 Å². The molecule has 100 valence electrons. The number of aliphatic hydroxyl groups excluding tert-OH is 1. The smallest absolute Gasteiger partial charge is 0.133 e. The molecule has 3 nitrogen and oxygen atoms in total. The number of aliphatic hydroxyl groups is 1. The van der Waals surface area contributed by atoms with Crippen LogP contribution in [-0.2, 0) is 13.2 Å². The summed E-state index contributed by atoms with van der Waals surface area (Å²) in [5.41, 5.74) is 1.97. The number of nitrogens with one attached hydrogen (secondary N) is 1. The summed E-state index contributed by atoms with van der Waals surface area (Å²) in [4.78, 5) is 0. The summed E-state index contributed by atoms with van der Waals surface area (Å²) >= 11 is 3.45. The molecule has 0 fully saturated rings. The predicted molar refractivity (Wildman–Crippen MR) is 79.3 cm³/mol. The number of ether oxygens (including phenoxy) is 1. The molecule has 0 bridgehead atoms. The van der Waals surface area contributed by atoms with Gasteiger partial charge in [-0.1, -0.05) is 34.1 Å². The summed E-state index contributed by atoms with van der Waals surface area (Å²) in [6.45, 7) is 0.791. The molecule has 0 spiro atoms. The van der Waals surface area contributed by atoms with E-state index in [2.05, 4.69) is 21.2 Å². The van der Waals surface area contributed by atoms with Gasteiger partial charge in [0.15, 0.2) is 0 Å². The van der Waals surface area contributed by atoms with Crippen LogP contribution in [0.15, 0.2) is 46.9 Å². The van der Waals surface area contributed by atoms with Crippen molar-refractivity contribution < 1.29 is 9.84 Å². The lowest BCUT2D eigenvalue weighted by atomic mass is 10.2. The number of halogens is 1.